The summed E-state index contributed by atoms with van der Waals surface area (Å²) in [5, 5.41) is 0. The number of para-hydroxylation sites is 1. The van der Waals surface area contributed by atoms with Gasteiger partial charge in [0.2, 0.25) is 0 Å². The number of amidine groups is 1. The Morgan fingerprint density at radius 1 is 0.961 bits per heavy atom. The van der Waals surface area contributed by atoms with Crippen molar-refractivity contribution in [2.24, 2.45) is 4.99 Å². The molecule has 3 heterocycles. The van der Waals surface area contributed by atoms with Crippen LogP contribution in [-0.4, -0.2) is 65.0 Å². The number of hydrogen-bond acceptors (Lipinski definition) is 10. The summed E-state index contributed by atoms with van der Waals surface area (Å²) in [6.07, 6.45) is -4.94. The van der Waals surface area contributed by atoms with Gasteiger partial charge in [-0.25, -0.2) is 23.8 Å². The van der Waals surface area contributed by atoms with Crippen LogP contribution in [0.4, 0.5) is 23.2 Å². The number of methoxy groups -OCH3 is 1. The zero-order valence-electron chi connectivity index (χ0n) is 27.4. The number of esters is 3. The van der Waals surface area contributed by atoms with Crippen molar-refractivity contribution in [2.45, 2.75) is 55.4 Å². The minimum Gasteiger partial charge on any atom is -0.588 e. The van der Waals surface area contributed by atoms with E-state index in [2.05, 4.69) is 4.99 Å². The maximum Gasteiger partial charge on any atom is 0.416 e. The fourth-order valence-electron chi connectivity index (χ4n) is 7.05. The van der Waals surface area contributed by atoms with Gasteiger partial charge in [-0.15, -0.1) is 0 Å². The number of nitrogens with zero attached hydrogens (tertiary/aromatic N) is 3. The van der Waals surface area contributed by atoms with E-state index < -0.39 is 74.0 Å². The number of carbonyl (C=O) groups is 3. The molecule has 51 heavy (non-hydrogen) atoms. The normalized spacial score (nSPS) is 22.0. The molecule has 3 aromatic rings. The second-order valence-electron chi connectivity index (χ2n) is 11.9. The number of halogens is 4. The highest BCUT2D eigenvalue weighted by atomic mass is 32.3. The van der Waals surface area contributed by atoms with Crippen molar-refractivity contribution in [1.82, 2.24) is 4.31 Å². The van der Waals surface area contributed by atoms with Gasteiger partial charge in [-0.1, -0.05) is 34.5 Å². The Bertz CT molecular complexity index is 2000. The van der Waals surface area contributed by atoms with Gasteiger partial charge in [0.25, 0.3) is 0 Å². The number of hydrogen-bond donors (Lipinski definition) is 0. The summed E-state index contributed by atoms with van der Waals surface area (Å²) in [6.45, 7) is 2.63. The van der Waals surface area contributed by atoms with Gasteiger partial charge < -0.3 is 23.7 Å². The number of anilines is 1. The molecule has 1 fully saturated rings. The first-order valence-corrected chi connectivity index (χ1v) is 17.2. The number of ether oxygens (including phenoxy) is 3. The van der Waals surface area contributed by atoms with Crippen LogP contribution in [-0.2, 0) is 61.3 Å². The number of rotatable bonds is 9. The van der Waals surface area contributed by atoms with Gasteiger partial charge in [0, 0.05) is 18.7 Å². The molecule has 6 rings (SSSR count). The molecule has 0 aromatic heterocycles. The average molecular weight is 730 g/mol. The predicted octanol–water partition coefficient (Wildman–Crippen LogP) is 5.11. The predicted molar refractivity (Wildman–Crippen MR) is 173 cm³/mol. The molecule has 0 bridgehead atoms. The van der Waals surface area contributed by atoms with Crippen molar-refractivity contribution in [3.63, 3.8) is 0 Å². The van der Waals surface area contributed by atoms with Gasteiger partial charge in [0.15, 0.2) is 32.9 Å². The minimum atomic E-state index is -4.76. The first kappa shape index (κ1) is 35.7. The smallest absolute Gasteiger partial charge is 0.416 e. The Labute approximate surface area is 290 Å². The average Bonchev–Trinajstić information content (AvgIpc) is 3.59. The van der Waals surface area contributed by atoms with Crippen molar-refractivity contribution in [2.75, 3.05) is 25.2 Å². The fraction of sp³-hybridized carbons (Fsp3) is 0.314. The molecule has 0 saturated carbocycles. The monoisotopic (exact) mass is 729 g/mol. The van der Waals surface area contributed by atoms with Gasteiger partial charge in [-0.05, 0) is 67.4 Å². The lowest BCUT2D eigenvalue weighted by Crippen LogP contribution is -2.56. The Kier molecular flexibility index (Phi) is 9.27. The molecule has 0 radical (unpaired) electrons. The number of alkyl halides is 3. The molecule has 0 amide bonds. The molecule has 3 aliphatic rings. The molecule has 0 aliphatic carbocycles. The van der Waals surface area contributed by atoms with E-state index in [1.165, 1.54) is 19.1 Å². The summed E-state index contributed by atoms with van der Waals surface area (Å²) in [5.41, 5.74) is -2.22. The van der Waals surface area contributed by atoms with Gasteiger partial charge >= 0.3 is 24.1 Å². The number of sulfonamides is 1. The Balaban J connectivity index is 1.66. The second-order valence-corrected chi connectivity index (χ2v) is 13.7. The molecule has 2 unspecified atom stereocenters. The molecule has 3 aliphatic heterocycles. The van der Waals surface area contributed by atoms with Crippen LogP contribution in [0.1, 0.15) is 37.0 Å². The van der Waals surface area contributed by atoms with E-state index in [9.17, 15) is 40.7 Å². The molecule has 1 spiro atoms. The first-order chi connectivity index (χ1) is 24.2. The number of fused-ring (bicyclic) bond motifs is 1. The van der Waals surface area contributed by atoms with Crippen LogP contribution in [0.25, 0.3) is 0 Å². The zero-order chi connectivity index (χ0) is 36.9. The lowest BCUT2D eigenvalue weighted by Gasteiger charge is -2.41. The van der Waals surface area contributed by atoms with Crippen LogP contribution in [0.15, 0.2) is 94.0 Å². The fourth-order valence-corrected chi connectivity index (χ4v) is 8.68. The van der Waals surface area contributed by atoms with Crippen molar-refractivity contribution >= 4 is 39.8 Å². The summed E-state index contributed by atoms with van der Waals surface area (Å²) in [6, 6.07) is 12.0. The third kappa shape index (κ3) is 5.85. The molecule has 268 valence electrons. The van der Waals surface area contributed by atoms with E-state index in [4.69, 9.17) is 14.2 Å². The van der Waals surface area contributed by atoms with E-state index in [1.54, 1.807) is 36.1 Å². The Morgan fingerprint density at radius 2 is 1.59 bits per heavy atom. The number of benzene rings is 3. The van der Waals surface area contributed by atoms with E-state index in [0.717, 1.165) is 47.8 Å². The topological polar surface area (TPSA) is 138 Å². The zero-order valence-corrected chi connectivity index (χ0v) is 28.3. The van der Waals surface area contributed by atoms with Gasteiger partial charge in [0.1, 0.15) is 5.82 Å². The third-order valence-electron chi connectivity index (χ3n) is 9.07. The Morgan fingerprint density at radius 3 is 2.20 bits per heavy atom. The highest BCUT2D eigenvalue weighted by Crippen LogP contribution is 2.59. The molecule has 0 N–H and O–H groups in total. The van der Waals surface area contributed by atoms with Crippen LogP contribution in [0.3, 0.4) is 0 Å². The lowest BCUT2D eigenvalue weighted by atomic mass is 9.69. The van der Waals surface area contributed by atoms with Crippen molar-refractivity contribution < 1.29 is 54.9 Å². The van der Waals surface area contributed by atoms with Crippen molar-refractivity contribution in [3.05, 3.63) is 107 Å². The van der Waals surface area contributed by atoms with Crippen LogP contribution in [0, 0.1) is 5.82 Å². The lowest BCUT2D eigenvalue weighted by molar-refractivity contribution is -0.144. The van der Waals surface area contributed by atoms with Gasteiger partial charge in [0.05, 0.1) is 42.9 Å². The largest absolute Gasteiger partial charge is 0.588 e. The van der Waals surface area contributed by atoms with Crippen molar-refractivity contribution in [1.29, 1.82) is 0 Å². The SMILES string of the molecule is CCOC(=O)C1=C(C(=O)OCC)C2N(Cc3ccc(C(F)(F)F)cc3)c3ccccc3[C@@]23C[C@@H](C(=O)OC)N([S+](=O)([O-])c2ccc(F)cc2)C3=N1. The second kappa shape index (κ2) is 13.2. The molecule has 11 nitrogen and oxygen atoms in total. The van der Waals surface area contributed by atoms with Crippen molar-refractivity contribution in [3.8, 4) is 0 Å². The molecule has 1 saturated heterocycles. The highest BCUT2D eigenvalue weighted by Gasteiger charge is 2.70. The quantitative estimate of drug-likeness (QED) is 0.127. The molecule has 4 atom stereocenters. The molecule has 3 aromatic carbocycles. The third-order valence-corrected chi connectivity index (χ3v) is 10.9. The van der Waals surface area contributed by atoms with Gasteiger partial charge in [-0.3, -0.25) is 0 Å². The number of aliphatic imine (C=N–C) groups is 1. The standard InChI is InChI=1S/C35H31F4N3O8S/c1-4-49-31(44)27-28(32(45)50-5-2)40-33-34(18-26(30(43)48-3)42(33)51(46,47)23-16-14-22(36)15-17-23)24-8-6-7-9-25(24)41(29(27)34)19-20-10-12-21(13-11-20)35(37,38)39/h6-17,26,29H,4-5,18-19H2,1-3H3/t26-,29?,34-/m0/s1. The van der Waals surface area contributed by atoms with Crippen LogP contribution >= 0.6 is 0 Å². The van der Waals surface area contributed by atoms with Crippen LogP contribution < -0.4 is 4.90 Å². The summed E-state index contributed by atoms with van der Waals surface area (Å²) in [5.74, 6) is -4.09. The summed E-state index contributed by atoms with van der Waals surface area (Å²) in [4.78, 5) is 47.0. The van der Waals surface area contributed by atoms with E-state index >= 15 is 0 Å². The maximum absolute atomic E-state index is 14.5. The summed E-state index contributed by atoms with van der Waals surface area (Å²) in [7, 11) is -3.70. The highest BCUT2D eigenvalue weighted by molar-refractivity contribution is 7.96. The molecular weight excluding hydrogens is 698 g/mol. The summed E-state index contributed by atoms with van der Waals surface area (Å²) < 4.78 is 99.9. The first-order valence-electron chi connectivity index (χ1n) is 15.8. The molecule has 16 heteroatoms. The maximum atomic E-state index is 14.5. The molecular formula is C35H31F4N3O8S. The van der Waals surface area contributed by atoms with E-state index in [-0.39, 0.29) is 37.6 Å². The summed E-state index contributed by atoms with van der Waals surface area (Å²) >= 11 is 0. The number of carbonyl (C=O) groups excluding carboxylic acids is 3. The van der Waals surface area contributed by atoms with E-state index in [1.807, 2.05) is 0 Å². The Hall–Kier alpha value is -5.09. The van der Waals surface area contributed by atoms with Gasteiger partial charge in [-0.2, -0.15) is 17.5 Å². The van der Waals surface area contributed by atoms with Crippen LogP contribution in [0.5, 0.6) is 0 Å². The minimum absolute atomic E-state index is 0.129. The van der Waals surface area contributed by atoms with Crippen LogP contribution in [0.2, 0.25) is 0 Å². The van der Waals surface area contributed by atoms with E-state index in [0.29, 0.717) is 16.8 Å².